The fourth-order valence-electron chi connectivity index (χ4n) is 3.57. The Morgan fingerprint density at radius 1 is 1.03 bits per heavy atom. The van der Waals surface area contributed by atoms with Crippen molar-refractivity contribution < 1.29 is 24.2 Å². The fourth-order valence-corrected chi connectivity index (χ4v) is 3.57. The van der Waals surface area contributed by atoms with Gasteiger partial charge in [0, 0.05) is 20.0 Å². The van der Waals surface area contributed by atoms with Crippen LogP contribution in [0.3, 0.4) is 0 Å². The van der Waals surface area contributed by atoms with E-state index in [0.717, 1.165) is 18.4 Å². The highest BCUT2D eigenvalue weighted by atomic mass is 16.6. The first-order chi connectivity index (χ1) is 16.5. The summed E-state index contributed by atoms with van der Waals surface area (Å²) in [6.07, 6.45) is 1.23. The third kappa shape index (κ3) is 8.96. The van der Waals surface area contributed by atoms with Gasteiger partial charge in [0.15, 0.2) is 0 Å². The van der Waals surface area contributed by atoms with E-state index < -0.39 is 29.7 Å². The normalized spacial score (nSPS) is 12.8. The molecular weight excluding hydrogens is 446 g/mol. The van der Waals surface area contributed by atoms with Crippen LogP contribution in [0, 0.1) is 0 Å². The number of nitrogens with zero attached hydrogens (tertiary/aromatic N) is 1. The molecule has 0 aliphatic rings. The van der Waals surface area contributed by atoms with Crippen LogP contribution in [0.2, 0.25) is 0 Å². The van der Waals surface area contributed by atoms with E-state index in [-0.39, 0.29) is 18.1 Å². The molecule has 2 atom stereocenters. The lowest BCUT2D eigenvalue weighted by atomic mass is 10.0. The molecule has 3 amide bonds. The number of benzene rings is 2. The van der Waals surface area contributed by atoms with Gasteiger partial charge < -0.3 is 25.4 Å². The second-order valence-corrected chi connectivity index (χ2v) is 9.48. The van der Waals surface area contributed by atoms with Crippen LogP contribution in [0.15, 0.2) is 54.6 Å². The Kier molecular flexibility index (Phi) is 10.1. The van der Waals surface area contributed by atoms with Gasteiger partial charge in [0.2, 0.25) is 11.8 Å². The van der Waals surface area contributed by atoms with Crippen LogP contribution in [0.4, 0.5) is 4.79 Å². The number of alkyl carbamates (subject to hydrolysis) is 1. The molecule has 2 unspecified atom stereocenters. The molecule has 35 heavy (non-hydrogen) atoms. The molecule has 2 aromatic rings. The molecule has 2 rings (SSSR count). The van der Waals surface area contributed by atoms with Crippen molar-refractivity contribution in [3.05, 3.63) is 65.7 Å². The minimum absolute atomic E-state index is 0.0569. The maximum absolute atomic E-state index is 13.7. The Hall–Kier alpha value is -3.55. The molecule has 0 aliphatic carbocycles. The molecule has 0 radical (unpaired) electrons. The number of ether oxygens (including phenoxy) is 1. The second-order valence-electron chi connectivity index (χ2n) is 9.48. The number of hydrogen-bond acceptors (Lipinski definition) is 5. The molecule has 0 fully saturated rings. The number of rotatable bonds is 10. The number of phenols is 1. The molecule has 0 bridgehead atoms. The number of amides is 3. The van der Waals surface area contributed by atoms with Crippen molar-refractivity contribution in [1.82, 2.24) is 15.5 Å². The van der Waals surface area contributed by atoms with Crippen molar-refractivity contribution in [3.8, 4) is 5.75 Å². The van der Waals surface area contributed by atoms with Gasteiger partial charge in [-0.25, -0.2) is 4.79 Å². The molecule has 190 valence electrons. The first kappa shape index (κ1) is 27.7. The summed E-state index contributed by atoms with van der Waals surface area (Å²) in [5.74, 6) is -0.722. The van der Waals surface area contributed by atoms with Crippen LogP contribution >= 0.6 is 0 Å². The van der Waals surface area contributed by atoms with Gasteiger partial charge in [-0.05, 0) is 50.5 Å². The summed E-state index contributed by atoms with van der Waals surface area (Å²) in [5.41, 5.74) is 0.664. The number of carbonyl (C=O) groups excluding carboxylic acids is 3. The molecule has 0 saturated carbocycles. The summed E-state index contributed by atoms with van der Waals surface area (Å²) in [6, 6.07) is 13.6. The molecule has 2 aromatic carbocycles. The van der Waals surface area contributed by atoms with Gasteiger partial charge in [0.05, 0.1) is 0 Å². The monoisotopic (exact) mass is 483 g/mol. The SMILES string of the molecule is CCCCNC(=O)C(c1ccc(O)cc1)N(C)C(=O)C(Cc1ccccc1)NC(=O)OC(C)(C)C. The first-order valence-electron chi connectivity index (χ1n) is 11.9. The minimum atomic E-state index is -0.958. The van der Waals surface area contributed by atoms with E-state index >= 15 is 0 Å². The highest BCUT2D eigenvalue weighted by Crippen LogP contribution is 2.24. The summed E-state index contributed by atoms with van der Waals surface area (Å²) in [6.45, 7) is 7.74. The number of likely N-dealkylation sites (N-methyl/N-ethyl adjacent to an activating group) is 1. The molecule has 0 spiro atoms. The summed E-state index contributed by atoms with van der Waals surface area (Å²) < 4.78 is 5.38. The molecular formula is C27H37N3O5. The lowest BCUT2D eigenvalue weighted by molar-refractivity contribution is -0.140. The van der Waals surface area contributed by atoms with Crippen molar-refractivity contribution in [2.24, 2.45) is 0 Å². The molecule has 0 saturated heterocycles. The number of unbranched alkanes of at least 4 members (excludes halogenated alkanes) is 1. The Morgan fingerprint density at radius 3 is 2.23 bits per heavy atom. The summed E-state index contributed by atoms with van der Waals surface area (Å²) >= 11 is 0. The lowest BCUT2D eigenvalue weighted by Gasteiger charge is -2.31. The number of carbonyl (C=O) groups is 3. The van der Waals surface area contributed by atoms with Gasteiger partial charge >= 0.3 is 6.09 Å². The fraction of sp³-hybridized carbons (Fsp3) is 0.444. The predicted octanol–water partition coefficient (Wildman–Crippen LogP) is 3.94. The quantitative estimate of drug-likeness (QED) is 0.444. The largest absolute Gasteiger partial charge is 0.508 e. The Bertz CT molecular complexity index is 971. The highest BCUT2D eigenvalue weighted by Gasteiger charge is 2.34. The standard InChI is InChI=1S/C27H37N3O5/c1-6-7-17-28-24(32)23(20-13-15-21(31)16-14-20)30(5)25(33)22(18-19-11-9-8-10-12-19)29-26(34)35-27(2,3)4/h8-16,22-23,31H,6-7,17-18H2,1-5H3,(H,28,32)(H,29,34). The summed E-state index contributed by atoms with van der Waals surface area (Å²) in [5, 5.41) is 15.3. The van der Waals surface area contributed by atoms with Gasteiger partial charge in [-0.2, -0.15) is 0 Å². The van der Waals surface area contributed by atoms with Crippen LogP contribution < -0.4 is 10.6 Å². The zero-order chi connectivity index (χ0) is 26.0. The summed E-state index contributed by atoms with van der Waals surface area (Å²) in [7, 11) is 1.54. The Morgan fingerprint density at radius 2 is 1.66 bits per heavy atom. The van der Waals surface area contributed by atoms with Crippen molar-refractivity contribution in [2.75, 3.05) is 13.6 Å². The zero-order valence-corrected chi connectivity index (χ0v) is 21.2. The maximum atomic E-state index is 13.7. The third-order valence-corrected chi connectivity index (χ3v) is 5.29. The van der Waals surface area contributed by atoms with Crippen LogP contribution in [-0.2, 0) is 20.7 Å². The topological polar surface area (TPSA) is 108 Å². The van der Waals surface area contributed by atoms with Crippen molar-refractivity contribution in [1.29, 1.82) is 0 Å². The first-order valence-corrected chi connectivity index (χ1v) is 11.9. The third-order valence-electron chi connectivity index (χ3n) is 5.29. The van der Waals surface area contributed by atoms with Gasteiger partial charge in [-0.15, -0.1) is 0 Å². The molecule has 0 aromatic heterocycles. The molecule has 8 heteroatoms. The van der Waals surface area contributed by atoms with Crippen molar-refractivity contribution >= 4 is 17.9 Å². The number of nitrogens with one attached hydrogen (secondary N) is 2. The second kappa shape index (κ2) is 12.8. The number of hydrogen-bond donors (Lipinski definition) is 3. The van der Waals surface area contributed by atoms with E-state index in [1.807, 2.05) is 37.3 Å². The average molecular weight is 484 g/mol. The zero-order valence-electron chi connectivity index (χ0n) is 21.2. The van der Waals surface area contributed by atoms with Gasteiger partial charge in [0.25, 0.3) is 0 Å². The van der Waals surface area contributed by atoms with E-state index in [1.54, 1.807) is 32.9 Å². The minimum Gasteiger partial charge on any atom is -0.508 e. The Balaban J connectivity index is 2.34. The van der Waals surface area contributed by atoms with E-state index in [0.29, 0.717) is 12.1 Å². The lowest BCUT2D eigenvalue weighted by Crippen LogP contribution is -2.52. The molecule has 0 aliphatic heterocycles. The van der Waals surface area contributed by atoms with Crippen molar-refractivity contribution in [2.45, 2.75) is 64.6 Å². The highest BCUT2D eigenvalue weighted by molar-refractivity contribution is 5.92. The van der Waals surface area contributed by atoms with Crippen LogP contribution in [0.1, 0.15) is 57.7 Å². The van der Waals surface area contributed by atoms with Gasteiger partial charge in [-0.3, -0.25) is 9.59 Å². The Labute approximate surface area is 207 Å². The average Bonchev–Trinajstić information content (AvgIpc) is 2.79. The van der Waals surface area contributed by atoms with Crippen LogP contribution in [0.25, 0.3) is 0 Å². The number of phenolic OH excluding ortho intramolecular Hbond substituents is 1. The number of aromatic hydroxyl groups is 1. The molecule has 3 N–H and O–H groups in total. The van der Waals surface area contributed by atoms with Gasteiger partial charge in [-0.1, -0.05) is 55.8 Å². The van der Waals surface area contributed by atoms with E-state index in [2.05, 4.69) is 10.6 Å². The molecule has 8 nitrogen and oxygen atoms in total. The maximum Gasteiger partial charge on any atom is 0.408 e. The smallest absolute Gasteiger partial charge is 0.408 e. The van der Waals surface area contributed by atoms with Gasteiger partial charge in [0.1, 0.15) is 23.4 Å². The van der Waals surface area contributed by atoms with Crippen molar-refractivity contribution in [3.63, 3.8) is 0 Å². The van der Waals surface area contributed by atoms with Crippen LogP contribution in [0.5, 0.6) is 5.75 Å². The molecule has 0 heterocycles. The predicted molar refractivity (Wildman–Crippen MR) is 135 cm³/mol. The van der Waals surface area contributed by atoms with Crippen LogP contribution in [-0.4, -0.2) is 53.1 Å². The van der Waals surface area contributed by atoms with E-state index in [9.17, 15) is 19.5 Å². The van der Waals surface area contributed by atoms with E-state index in [4.69, 9.17) is 4.74 Å². The van der Waals surface area contributed by atoms with E-state index in [1.165, 1.54) is 24.1 Å². The summed E-state index contributed by atoms with van der Waals surface area (Å²) in [4.78, 5) is 40.7.